The van der Waals surface area contributed by atoms with Crippen molar-refractivity contribution in [3.8, 4) is 0 Å². The van der Waals surface area contributed by atoms with E-state index < -0.39 is 17.8 Å². The Balaban J connectivity index is 1.63. The summed E-state index contributed by atoms with van der Waals surface area (Å²) in [6.07, 6.45) is 1.75. The van der Waals surface area contributed by atoms with Gasteiger partial charge in [0.05, 0.1) is 10.7 Å². The van der Waals surface area contributed by atoms with Crippen LogP contribution in [0.5, 0.6) is 0 Å². The van der Waals surface area contributed by atoms with Crippen LogP contribution in [0.2, 0.25) is 5.02 Å². The quantitative estimate of drug-likeness (QED) is 0.385. The predicted molar refractivity (Wildman–Crippen MR) is 135 cm³/mol. The third kappa shape index (κ3) is 4.93. The maximum Gasteiger partial charge on any atom is 0.272 e. The highest BCUT2D eigenvalue weighted by molar-refractivity contribution is 9.10. The van der Waals surface area contributed by atoms with Crippen LogP contribution < -0.4 is 16.4 Å². The molecule has 3 aromatic rings. The van der Waals surface area contributed by atoms with E-state index in [4.69, 9.17) is 17.3 Å². The van der Waals surface area contributed by atoms with Crippen molar-refractivity contribution in [2.24, 2.45) is 5.73 Å². The van der Waals surface area contributed by atoms with Gasteiger partial charge in [0.1, 0.15) is 11.7 Å². The molecule has 9 heteroatoms. The summed E-state index contributed by atoms with van der Waals surface area (Å²) in [5, 5.41) is 5.51. The van der Waals surface area contributed by atoms with E-state index in [0.717, 1.165) is 10.0 Å². The molecule has 34 heavy (non-hydrogen) atoms. The molecule has 4 rings (SSSR count). The van der Waals surface area contributed by atoms with E-state index in [-0.39, 0.29) is 28.9 Å². The molecule has 1 aliphatic rings. The molecular formula is C25H21BrClFN4O2. The first-order chi connectivity index (χ1) is 16.4. The second-order valence-electron chi connectivity index (χ2n) is 7.66. The van der Waals surface area contributed by atoms with Gasteiger partial charge >= 0.3 is 0 Å². The van der Waals surface area contributed by atoms with Gasteiger partial charge in [-0.2, -0.15) is 0 Å². The molecule has 0 saturated heterocycles. The number of hydrogen-bond donors (Lipinski definition) is 3. The van der Waals surface area contributed by atoms with Gasteiger partial charge in [-0.05, 0) is 47.9 Å². The first kappa shape index (κ1) is 23.8. The molecule has 0 spiro atoms. The van der Waals surface area contributed by atoms with E-state index in [9.17, 15) is 14.0 Å². The summed E-state index contributed by atoms with van der Waals surface area (Å²) in [6, 6.07) is 18.1. The molecule has 174 valence electrons. The number of nitrogens with one attached hydrogen (secondary N) is 2. The summed E-state index contributed by atoms with van der Waals surface area (Å²) < 4.78 is 15.0. The zero-order valence-corrected chi connectivity index (χ0v) is 20.2. The lowest BCUT2D eigenvalue weighted by molar-refractivity contribution is -0.136. The fraction of sp³-hybridized carbons (Fsp3) is 0.120. The summed E-state index contributed by atoms with van der Waals surface area (Å²) >= 11 is 9.35. The van der Waals surface area contributed by atoms with Crippen LogP contribution in [-0.2, 0) is 16.0 Å². The minimum absolute atomic E-state index is 0.0563. The molecule has 2 amide bonds. The van der Waals surface area contributed by atoms with Gasteiger partial charge in [0.25, 0.3) is 11.8 Å². The average molecular weight is 544 g/mol. The molecule has 0 aromatic heterocycles. The number of para-hydroxylation sites is 1. The third-order valence-electron chi connectivity index (χ3n) is 5.50. The third-order valence-corrected chi connectivity index (χ3v) is 6.53. The molecule has 1 aliphatic heterocycles. The molecular weight excluding hydrogens is 523 g/mol. The van der Waals surface area contributed by atoms with Crippen molar-refractivity contribution in [1.29, 1.82) is 0 Å². The lowest BCUT2D eigenvalue weighted by Gasteiger charge is -2.36. The highest BCUT2D eigenvalue weighted by atomic mass is 79.9. The minimum atomic E-state index is -0.899. The van der Waals surface area contributed by atoms with Crippen molar-refractivity contribution in [1.82, 2.24) is 4.90 Å². The van der Waals surface area contributed by atoms with Crippen molar-refractivity contribution in [2.45, 2.75) is 12.5 Å². The van der Waals surface area contributed by atoms with Gasteiger partial charge in [-0.25, -0.2) is 4.39 Å². The summed E-state index contributed by atoms with van der Waals surface area (Å²) in [5.74, 6) is -1.56. The predicted octanol–water partition coefficient (Wildman–Crippen LogP) is 5.22. The maximum atomic E-state index is 14.2. The van der Waals surface area contributed by atoms with Crippen LogP contribution in [0.25, 0.3) is 0 Å². The number of anilines is 2. The van der Waals surface area contributed by atoms with Gasteiger partial charge in [-0.1, -0.05) is 63.9 Å². The number of nitrogens with zero attached hydrogens (tertiary/aromatic N) is 1. The number of nitrogens with two attached hydrogens (primary N) is 1. The Morgan fingerprint density at radius 2 is 1.82 bits per heavy atom. The topological polar surface area (TPSA) is 87.5 Å². The zero-order valence-electron chi connectivity index (χ0n) is 17.9. The van der Waals surface area contributed by atoms with Crippen molar-refractivity contribution in [3.05, 3.63) is 105 Å². The minimum Gasteiger partial charge on any atom is -0.393 e. The number of fused-ring (bicyclic) bond motifs is 1. The lowest BCUT2D eigenvalue weighted by atomic mass is 9.91. The van der Waals surface area contributed by atoms with Crippen LogP contribution in [0.1, 0.15) is 17.2 Å². The Kier molecular flexibility index (Phi) is 7.19. The summed E-state index contributed by atoms with van der Waals surface area (Å²) in [6.45, 7) is 0.279. The number of carbonyl (C=O) groups is 2. The van der Waals surface area contributed by atoms with Crippen molar-refractivity contribution >= 4 is 50.7 Å². The summed E-state index contributed by atoms with van der Waals surface area (Å²) in [4.78, 5) is 28.1. The number of rotatable bonds is 5. The second-order valence-corrected chi connectivity index (χ2v) is 8.92. The van der Waals surface area contributed by atoms with Crippen LogP contribution in [0.3, 0.4) is 0 Å². The van der Waals surface area contributed by atoms with Crippen molar-refractivity contribution in [3.63, 3.8) is 0 Å². The van der Waals surface area contributed by atoms with E-state index in [1.54, 1.807) is 18.2 Å². The summed E-state index contributed by atoms with van der Waals surface area (Å²) in [5.41, 5.74) is 8.25. The van der Waals surface area contributed by atoms with Gasteiger partial charge in [0.2, 0.25) is 0 Å². The second kappa shape index (κ2) is 10.3. The van der Waals surface area contributed by atoms with Gasteiger partial charge in [0, 0.05) is 22.9 Å². The molecule has 0 radical (unpaired) electrons. The van der Waals surface area contributed by atoms with Crippen LogP contribution in [0.15, 0.2) is 83.1 Å². The van der Waals surface area contributed by atoms with Crippen LogP contribution >= 0.6 is 27.5 Å². The fourth-order valence-corrected chi connectivity index (χ4v) is 4.61. The lowest BCUT2D eigenvalue weighted by Crippen LogP contribution is -2.47. The molecule has 1 atom stereocenters. The van der Waals surface area contributed by atoms with Gasteiger partial charge in [0.15, 0.2) is 5.82 Å². The van der Waals surface area contributed by atoms with Gasteiger partial charge in [-0.3, -0.25) is 9.59 Å². The fourth-order valence-electron chi connectivity index (χ4n) is 3.86. The van der Waals surface area contributed by atoms with Crippen molar-refractivity contribution in [2.75, 3.05) is 17.2 Å². The average Bonchev–Trinajstić information content (AvgIpc) is 2.84. The van der Waals surface area contributed by atoms with E-state index in [0.29, 0.717) is 17.7 Å². The number of benzene rings is 3. The normalized spacial score (nSPS) is 15.4. The number of halogens is 3. The molecule has 4 N–H and O–H groups in total. The maximum absolute atomic E-state index is 14.2. The highest BCUT2D eigenvalue weighted by Gasteiger charge is 2.37. The molecule has 0 saturated carbocycles. The monoisotopic (exact) mass is 542 g/mol. The highest BCUT2D eigenvalue weighted by Crippen LogP contribution is 2.35. The van der Waals surface area contributed by atoms with Crippen LogP contribution in [-0.4, -0.2) is 23.3 Å². The first-order valence-electron chi connectivity index (χ1n) is 10.5. The largest absolute Gasteiger partial charge is 0.393 e. The summed E-state index contributed by atoms with van der Waals surface area (Å²) in [7, 11) is 0. The molecule has 0 fully saturated rings. The Bertz CT molecular complexity index is 1270. The molecule has 6 nitrogen and oxygen atoms in total. The van der Waals surface area contributed by atoms with Crippen molar-refractivity contribution < 1.29 is 14.0 Å². The Morgan fingerprint density at radius 1 is 1.09 bits per heavy atom. The number of hydrogen-bond acceptors (Lipinski definition) is 4. The standard InChI is InChI=1S/C25H21BrClFN4O2/c26-18-9-4-8-17-16(18)12-13-32(23(17)24(33)31-15-6-2-1-3-7-15)25(34)20(29)14-30-21-11-5-10-19(27)22(21)28/h1-11,14,23,30H,12-13,29H2,(H,31,33)/b20-14-. The molecule has 1 unspecified atom stereocenters. The molecule has 0 aliphatic carbocycles. The number of amides is 2. The number of carbonyl (C=O) groups excluding carboxylic acids is 2. The Morgan fingerprint density at radius 3 is 2.59 bits per heavy atom. The van der Waals surface area contributed by atoms with Crippen LogP contribution in [0.4, 0.5) is 15.8 Å². The van der Waals surface area contributed by atoms with Gasteiger partial charge < -0.3 is 21.3 Å². The smallest absolute Gasteiger partial charge is 0.272 e. The first-order valence-corrected chi connectivity index (χ1v) is 11.6. The van der Waals surface area contributed by atoms with Crippen LogP contribution in [0, 0.1) is 5.82 Å². The molecule has 3 aromatic carbocycles. The van der Waals surface area contributed by atoms with E-state index in [2.05, 4.69) is 26.6 Å². The molecule has 1 heterocycles. The van der Waals surface area contributed by atoms with E-state index >= 15 is 0 Å². The Hall–Kier alpha value is -3.36. The SMILES string of the molecule is N/C(=C\Nc1cccc(Cl)c1F)C(=O)N1CCc2c(Br)cccc2C1C(=O)Nc1ccccc1. The van der Waals surface area contributed by atoms with Gasteiger partial charge in [-0.15, -0.1) is 0 Å². The van der Waals surface area contributed by atoms with E-state index in [1.165, 1.54) is 23.2 Å². The molecule has 0 bridgehead atoms. The zero-order chi connectivity index (χ0) is 24.2. The Labute approximate surface area is 209 Å². The van der Waals surface area contributed by atoms with E-state index in [1.807, 2.05) is 36.4 Å².